The fraction of sp³-hybridized carbons (Fsp3) is 0.400. The fourth-order valence-corrected chi connectivity index (χ4v) is 2.59. The van der Waals surface area contributed by atoms with Gasteiger partial charge in [0.05, 0.1) is 4.88 Å². The van der Waals surface area contributed by atoms with Crippen LogP contribution in [0.1, 0.15) is 26.6 Å². The molecule has 0 saturated heterocycles. The van der Waals surface area contributed by atoms with Gasteiger partial charge in [-0.25, -0.2) is 0 Å². The van der Waals surface area contributed by atoms with Crippen molar-refractivity contribution in [3.63, 3.8) is 0 Å². The third kappa shape index (κ3) is 4.90. The lowest BCUT2D eigenvalue weighted by Gasteiger charge is -2.09. The van der Waals surface area contributed by atoms with Gasteiger partial charge in [-0.3, -0.25) is 14.3 Å². The van der Waals surface area contributed by atoms with Crippen molar-refractivity contribution in [3.05, 3.63) is 34.2 Å². The number of aryl methyl sites for hydroxylation is 1. The zero-order valence-electron chi connectivity index (χ0n) is 13.5. The van der Waals surface area contributed by atoms with Crippen molar-refractivity contribution in [2.24, 2.45) is 7.05 Å². The average Bonchev–Trinajstić information content (AvgIpc) is 3.14. The number of hydrogen-bond acceptors (Lipinski definition) is 5. The number of amides is 2. The van der Waals surface area contributed by atoms with Gasteiger partial charge < -0.3 is 15.5 Å². The largest absolute Gasteiger partial charge is 0.351 e. The predicted molar refractivity (Wildman–Crippen MR) is 91.0 cm³/mol. The molecule has 0 fully saturated rings. The number of rotatable bonds is 7. The normalized spacial score (nSPS) is 10.8. The third-order valence-electron chi connectivity index (χ3n) is 3.17. The lowest BCUT2D eigenvalue weighted by Crippen LogP contribution is -2.27. The van der Waals surface area contributed by atoms with Crippen molar-refractivity contribution in [2.75, 3.05) is 32.5 Å². The van der Waals surface area contributed by atoms with E-state index in [1.54, 1.807) is 19.2 Å². The molecular formula is C15H21N5O2S. The van der Waals surface area contributed by atoms with Crippen LogP contribution in [0, 0.1) is 0 Å². The van der Waals surface area contributed by atoms with E-state index in [0.717, 1.165) is 13.0 Å². The van der Waals surface area contributed by atoms with Crippen molar-refractivity contribution < 1.29 is 9.59 Å². The molecule has 0 saturated carbocycles. The zero-order valence-corrected chi connectivity index (χ0v) is 14.3. The summed E-state index contributed by atoms with van der Waals surface area (Å²) in [6, 6.07) is 5.14. The van der Waals surface area contributed by atoms with E-state index in [1.165, 1.54) is 16.0 Å². The molecule has 2 amide bonds. The molecule has 2 aromatic rings. The summed E-state index contributed by atoms with van der Waals surface area (Å²) in [7, 11) is 5.67. The molecule has 0 unspecified atom stereocenters. The maximum atomic E-state index is 12.1. The minimum Gasteiger partial charge on any atom is -0.351 e. The van der Waals surface area contributed by atoms with E-state index < -0.39 is 0 Å². The summed E-state index contributed by atoms with van der Waals surface area (Å²) in [4.78, 5) is 26.8. The quantitative estimate of drug-likeness (QED) is 0.750. The summed E-state index contributed by atoms with van der Waals surface area (Å²) >= 11 is 1.36. The first-order valence-corrected chi connectivity index (χ1v) is 8.17. The molecule has 0 aliphatic heterocycles. The molecule has 0 aromatic carbocycles. The van der Waals surface area contributed by atoms with E-state index in [9.17, 15) is 9.59 Å². The first-order valence-electron chi connectivity index (χ1n) is 7.29. The van der Waals surface area contributed by atoms with Gasteiger partial charge in [-0.15, -0.1) is 11.3 Å². The van der Waals surface area contributed by atoms with Crippen LogP contribution in [-0.2, 0) is 7.05 Å². The second-order valence-electron chi connectivity index (χ2n) is 5.38. The summed E-state index contributed by atoms with van der Waals surface area (Å²) in [6.07, 6.45) is 0.869. The first-order chi connectivity index (χ1) is 11.0. The summed E-state index contributed by atoms with van der Waals surface area (Å²) in [5.74, 6) is 0.0405. The van der Waals surface area contributed by atoms with Crippen LogP contribution in [0.15, 0.2) is 23.6 Å². The number of carbonyl (C=O) groups excluding carboxylic acids is 2. The summed E-state index contributed by atoms with van der Waals surface area (Å²) in [5.41, 5.74) is 0.291. The van der Waals surface area contributed by atoms with Gasteiger partial charge in [0, 0.05) is 19.7 Å². The molecule has 7 nitrogen and oxygen atoms in total. The molecule has 8 heteroatoms. The van der Waals surface area contributed by atoms with Crippen LogP contribution in [0.5, 0.6) is 0 Å². The number of nitrogens with one attached hydrogen (secondary N) is 2. The highest BCUT2D eigenvalue weighted by Gasteiger charge is 2.15. The SMILES string of the molecule is CN(C)CCCNC(=O)c1cc(NC(=O)c2cccs2)n(C)n1. The highest BCUT2D eigenvalue weighted by molar-refractivity contribution is 7.12. The molecule has 2 heterocycles. The molecule has 0 radical (unpaired) electrons. The van der Waals surface area contributed by atoms with Crippen molar-refractivity contribution in [1.29, 1.82) is 0 Å². The fourth-order valence-electron chi connectivity index (χ4n) is 1.97. The number of thiophene rings is 1. The molecule has 2 N–H and O–H groups in total. The topological polar surface area (TPSA) is 79.3 Å². The molecule has 0 bridgehead atoms. The number of nitrogens with zero attached hydrogens (tertiary/aromatic N) is 3. The van der Waals surface area contributed by atoms with Gasteiger partial charge in [-0.2, -0.15) is 5.10 Å². The highest BCUT2D eigenvalue weighted by Crippen LogP contribution is 2.14. The second-order valence-corrected chi connectivity index (χ2v) is 6.33. The van der Waals surface area contributed by atoms with Crippen molar-refractivity contribution in [2.45, 2.75) is 6.42 Å². The van der Waals surface area contributed by atoms with Gasteiger partial charge in [-0.05, 0) is 38.5 Å². The summed E-state index contributed by atoms with van der Waals surface area (Å²) < 4.78 is 1.49. The maximum absolute atomic E-state index is 12.1. The molecular weight excluding hydrogens is 314 g/mol. The van der Waals surface area contributed by atoms with Crippen LogP contribution in [0.25, 0.3) is 0 Å². The van der Waals surface area contributed by atoms with Crippen LogP contribution in [0.3, 0.4) is 0 Å². The van der Waals surface area contributed by atoms with E-state index in [2.05, 4.69) is 20.6 Å². The molecule has 0 spiro atoms. The lowest BCUT2D eigenvalue weighted by molar-refractivity contribution is 0.0945. The lowest BCUT2D eigenvalue weighted by atomic mass is 10.3. The molecule has 2 aromatic heterocycles. The minimum atomic E-state index is -0.240. The Balaban J connectivity index is 1.92. The third-order valence-corrected chi connectivity index (χ3v) is 4.04. The molecule has 124 valence electrons. The van der Waals surface area contributed by atoms with Crippen LogP contribution < -0.4 is 10.6 Å². The van der Waals surface area contributed by atoms with Gasteiger partial charge in [0.2, 0.25) is 0 Å². The molecule has 23 heavy (non-hydrogen) atoms. The van der Waals surface area contributed by atoms with E-state index in [4.69, 9.17) is 0 Å². The number of carbonyl (C=O) groups is 2. The number of hydrogen-bond donors (Lipinski definition) is 2. The Labute approximate surface area is 139 Å². The first kappa shape index (κ1) is 17.2. The maximum Gasteiger partial charge on any atom is 0.271 e. The van der Waals surface area contributed by atoms with E-state index in [-0.39, 0.29) is 11.8 Å². The smallest absolute Gasteiger partial charge is 0.271 e. The Morgan fingerprint density at radius 2 is 2.13 bits per heavy atom. The number of aromatic nitrogens is 2. The summed E-state index contributed by atoms with van der Waals surface area (Å²) in [5, 5.41) is 11.6. The van der Waals surface area contributed by atoms with Crippen LogP contribution in [0.2, 0.25) is 0 Å². The van der Waals surface area contributed by atoms with E-state index in [1.807, 2.05) is 25.5 Å². The minimum absolute atomic E-state index is 0.207. The van der Waals surface area contributed by atoms with Gasteiger partial charge in [-0.1, -0.05) is 6.07 Å². The predicted octanol–water partition coefficient (Wildman–Crippen LogP) is 1.42. The van der Waals surface area contributed by atoms with Crippen LogP contribution in [0.4, 0.5) is 5.82 Å². The zero-order chi connectivity index (χ0) is 16.8. The Morgan fingerprint density at radius 1 is 1.35 bits per heavy atom. The Hall–Kier alpha value is -2.19. The Morgan fingerprint density at radius 3 is 2.78 bits per heavy atom. The van der Waals surface area contributed by atoms with Crippen molar-refractivity contribution >= 4 is 29.0 Å². The Bertz CT molecular complexity index is 663. The van der Waals surface area contributed by atoms with Gasteiger partial charge in [0.15, 0.2) is 5.69 Å². The second kappa shape index (κ2) is 7.89. The van der Waals surface area contributed by atoms with Gasteiger partial charge in [0.1, 0.15) is 5.82 Å². The molecule has 0 atom stereocenters. The van der Waals surface area contributed by atoms with Gasteiger partial charge in [0.25, 0.3) is 11.8 Å². The van der Waals surface area contributed by atoms with Crippen molar-refractivity contribution in [1.82, 2.24) is 20.0 Å². The number of anilines is 1. The Kier molecular flexibility index (Phi) is 5.89. The molecule has 2 rings (SSSR count). The average molecular weight is 335 g/mol. The molecule has 0 aliphatic carbocycles. The highest BCUT2D eigenvalue weighted by atomic mass is 32.1. The standard InChI is InChI=1S/C15H21N5O2S/c1-19(2)8-5-7-16-14(21)11-10-13(20(3)18-11)17-15(22)12-6-4-9-23-12/h4,6,9-10H,5,7-8H2,1-3H3,(H,16,21)(H,17,22). The van der Waals surface area contributed by atoms with E-state index in [0.29, 0.717) is 22.9 Å². The van der Waals surface area contributed by atoms with E-state index >= 15 is 0 Å². The van der Waals surface area contributed by atoms with Crippen molar-refractivity contribution in [3.8, 4) is 0 Å². The van der Waals surface area contributed by atoms with Crippen LogP contribution >= 0.6 is 11.3 Å². The van der Waals surface area contributed by atoms with Crippen LogP contribution in [-0.4, -0.2) is 53.7 Å². The van der Waals surface area contributed by atoms with Gasteiger partial charge >= 0.3 is 0 Å². The summed E-state index contributed by atoms with van der Waals surface area (Å²) in [6.45, 7) is 1.50. The monoisotopic (exact) mass is 335 g/mol. The molecule has 0 aliphatic rings.